The van der Waals surface area contributed by atoms with Crippen LogP contribution in [-0.2, 0) is 9.59 Å². The summed E-state index contributed by atoms with van der Waals surface area (Å²) in [6, 6.07) is 0. The van der Waals surface area contributed by atoms with Crippen molar-refractivity contribution in [2.24, 2.45) is 0 Å². The van der Waals surface area contributed by atoms with E-state index in [1.54, 1.807) is 0 Å². The van der Waals surface area contributed by atoms with Crippen molar-refractivity contribution < 1.29 is 24.9 Å². The summed E-state index contributed by atoms with van der Waals surface area (Å²) >= 11 is 0. The highest BCUT2D eigenvalue weighted by molar-refractivity contribution is 5.87. The van der Waals surface area contributed by atoms with Gasteiger partial charge in [-0.25, -0.2) is 0 Å². The molecule has 0 aliphatic rings. The van der Waals surface area contributed by atoms with E-state index in [0.717, 1.165) is 25.7 Å². The third-order valence-corrected chi connectivity index (χ3v) is 11.4. The lowest BCUT2D eigenvalue weighted by molar-refractivity contribution is -0.146. The van der Waals surface area contributed by atoms with Gasteiger partial charge in [0.15, 0.2) is 11.6 Å². The molecule has 2 unspecified atom stereocenters. The molecular weight excluding hydrogens is 645 g/mol. The first-order valence-electron chi connectivity index (χ1n) is 23.5. The zero-order valence-electron chi connectivity index (χ0n) is 35.2. The molecule has 0 spiro atoms. The Morgan fingerprint density at radius 1 is 0.288 bits per heavy atom. The molecule has 0 aliphatic carbocycles. The average Bonchev–Trinajstić information content (AvgIpc) is 3.15. The lowest BCUT2D eigenvalue weighted by Gasteiger charge is -2.21. The summed E-state index contributed by atoms with van der Waals surface area (Å²) < 4.78 is 0. The van der Waals surface area contributed by atoms with Gasteiger partial charge < -0.3 is 15.3 Å². The Hall–Kier alpha value is -0.780. The Kier molecular flexibility index (Phi) is 40.8. The SMILES string of the molecule is CCCCCCCCCCCCCCCCCCCCCC(=O)C(O)C(O)C(O)C(=O)CCCCCCCCCCCCCCCCCCCCC. The van der Waals surface area contributed by atoms with Gasteiger partial charge in [0.05, 0.1) is 0 Å². The highest BCUT2D eigenvalue weighted by Gasteiger charge is 2.33. The van der Waals surface area contributed by atoms with Gasteiger partial charge in [0.2, 0.25) is 0 Å². The van der Waals surface area contributed by atoms with Crippen LogP contribution in [0.1, 0.15) is 271 Å². The van der Waals surface area contributed by atoms with Crippen molar-refractivity contribution in [3.63, 3.8) is 0 Å². The molecule has 0 saturated heterocycles. The maximum absolute atomic E-state index is 12.4. The number of rotatable bonds is 44. The first kappa shape index (κ1) is 51.2. The second-order valence-corrected chi connectivity index (χ2v) is 16.5. The summed E-state index contributed by atoms with van der Waals surface area (Å²) in [6.45, 7) is 4.55. The molecule has 3 N–H and O–H groups in total. The van der Waals surface area contributed by atoms with Crippen LogP contribution in [0, 0.1) is 0 Å². The van der Waals surface area contributed by atoms with Crippen LogP contribution < -0.4 is 0 Å². The number of aliphatic hydroxyl groups is 3. The van der Waals surface area contributed by atoms with Gasteiger partial charge in [-0.3, -0.25) is 9.59 Å². The Bertz CT molecular complexity index is 679. The summed E-state index contributed by atoms with van der Waals surface area (Å²) in [5.74, 6) is -0.954. The van der Waals surface area contributed by atoms with Crippen LogP contribution in [0.5, 0.6) is 0 Å². The maximum Gasteiger partial charge on any atom is 0.164 e. The fourth-order valence-corrected chi connectivity index (χ4v) is 7.60. The quantitative estimate of drug-likeness (QED) is 0.0541. The summed E-state index contributed by atoms with van der Waals surface area (Å²) in [5, 5.41) is 30.9. The van der Waals surface area contributed by atoms with Crippen molar-refractivity contribution in [3.8, 4) is 0 Å². The summed E-state index contributed by atoms with van der Waals surface area (Å²) in [6.07, 6.45) is 44.1. The lowest BCUT2D eigenvalue weighted by Crippen LogP contribution is -2.45. The first-order valence-corrected chi connectivity index (χ1v) is 23.5. The van der Waals surface area contributed by atoms with Crippen LogP contribution in [0.2, 0.25) is 0 Å². The zero-order valence-corrected chi connectivity index (χ0v) is 35.2. The van der Waals surface area contributed by atoms with E-state index in [-0.39, 0.29) is 12.8 Å². The minimum absolute atomic E-state index is 0.178. The summed E-state index contributed by atoms with van der Waals surface area (Å²) in [5.41, 5.74) is 0. The van der Waals surface area contributed by atoms with E-state index in [9.17, 15) is 24.9 Å². The van der Waals surface area contributed by atoms with E-state index >= 15 is 0 Å². The Labute approximate surface area is 324 Å². The first-order chi connectivity index (χ1) is 25.5. The second kappa shape index (κ2) is 41.4. The van der Waals surface area contributed by atoms with E-state index in [1.807, 2.05) is 0 Å². The molecule has 310 valence electrons. The van der Waals surface area contributed by atoms with Crippen LogP contribution >= 0.6 is 0 Å². The molecule has 0 saturated carbocycles. The number of carbonyl (C=O) groups is 2. The molecule has 0 rings (SSSR count). The molecule has 0 aromatic rings. The van der Waals surface area contributed by atoms with Crippen molar-refractivity contribution in [2.45, 2.75) is 289 Å². The number of hydrogen-bond acceptors (Lipinski definition) is 5. The molecule has 52 heavy (non-hydrogen) atoms. The van der Waals surface area contributed by atoms with Crippen molar-refractivity contribution in [1.82, 2.24) is 0 Å². The van der Waals surface area contributed by atoms with Crippen molar-refractivity contribution in [2.75, 3.05) is 0 Å². The molecule has 0 fully saturated rings. The number of carbonyl (C=O) groups excluding carboxylic acids is 2. The monoisotopic (exact) mass is 737 g/mol. The Morgan fingerprint density at radius 3 is 0.615 bits per heavy atom. The van der Waals surface area contributed by atoms with Gasteiger partial charge in [-0.2, -0.15) is 0 Å². The third-order valence-electron chi connectivity index (χ3n) is 11.4. The zero-order chi connectivity index (χ0) is 38.2. The van der Waals surface area contributed by atoms with Crippen molar-refractivity contribution in [3.05, 3.63) is 0 Å². The molecule has 0 aromatic heterocycles. The predicted molar refractivity (Wildman–Crippen MR) is 224 cm³/mol. The standard InChI is InChI=1S/C47H92O5/c1-3-5-7-9-11-13-15-17-19-21-23-25-27-29-31-33-35-37-39-41-43(48)45(50)47(52)46(51)44(49)42-40-38-36-34-32-30-28-26-24-22-20-18-16-14-12-10-8-6-4-2/h45-47,50-52H,3-42H2,1-2H3. The number of unbranched alkanes of at least 4 members (excludes halogenated alkanes) is 36. The third kappa shape index (κ3) is 35.0. The van der Waals surface area contributed by atoms with Crippen LogP contribution in [-0.4, -0.2) is 45.2 Å². The fraction of sp³-hybridized carbons (Fsp3) is 0.957. The molecule has 0 bridgehead atoms. The number of Topliss-reactive ketones (excluding diaryl/α,β-unsaturated/α-hetero) is 2. The van der Waals surface area contributed by atoms with Crippen LogP contribution in [0.25, 0.3) is 0 Å². The van der Waals surface area contributed by atoms with Gasteiger partial charge in [-0.15, -0.1) is 0 Å². The van der Waals surface area contributed by atoms with E-state index in [2.05, 4.69) is 13.8 Å². The predicted octanol–water partition coefficient (Wildman–Crippen LogP) is 13.9. The molecule has 0 aromatic carbocycles. The second-order valence-electron chi connectivity index (χ2n) is 16.5. The molecule has 2 atom stereocenters. The van der Waals surface area contributed by atoms with E-state index in [4.69, 9.17) is 0 Å². The largest absolute Gasteiger partial charge is 0.387 e. The van der Waals surface area contributed by atoms with Gasteiger partial charge in [0, 0.05) is 12.8 Å². The lowest BCUT2D eigenvalue weighted by atomic mass is 9.95. The molecule has 0 radical (unpaired) electrons. The smallest absolute Gasteiger partial charge is 0.164 e. The van der Waals surface area contributed by atoms with Crippen LogP contribution in [0.4, 0.5) is 0 Å². The van der Waals surface area contributed by atoms with E-state index < -0.39 is 29.9 Å². The molecule has 0 aliphatic heterocycles. The summed E-state index contributed by atoms with van der Waals surface area (Å²) in [7, 11) is 0. The van der Waals surface area contributed by atoms with Crippen molar-refractivity contribution in [1.29, 1.82) is 0 Å². The van der Waals surface area contributed by atoms with E-state index in [0.29, 0.717) is 12.8 Å². The maximum atomic E-state index is 12.4. The number of hydrogen-bond donors (Lipinski definition) is 3. The highest BCUT2D eigenvalue weighted by atomic mass is 16.4. The van der Waals surface area contributed by atoms with E-state index in [1.165, 1.54) is 205 Å². The normalized spacial score (nSPS) is 13.4. The summed E-state index contributed by atoms with van der Waals surface area (Å²) in [4.78, 5) is 24.8. The highest BCUT2D eigenvalue weighted by Crippen LogP contribution is 2.18. The Balaban J connectivity index is 3.57. The number of aliphatic hydroxyl groups excluding tert-OH is 3. The van der Waals surface area contributed by atoms with Crippen LogP contribution in [0.15, 0.2) is 0 Å². The minimum atomic E-state index is -1.74. The minimum Gasteiger partial charge on any atom is -0.387 e. The van der Waals surface area contributed by atoms with Crippen LogP contribution in [0.3, 0.4) is 0 Å². The average molecular weight is 737 g/mol. The molecule has 0 amide bonds. The van der Waals surface area contributed by atoms with Gasteiger partial charge in [-0.1, -0.05) is 245 Å². The Morgan fingerprint density at radius 2 is 0.442 bits per heavy atom. The van der Waals surface area contributed by atoms with Gasteiger partial charge in [-0.05, 0) is 12.8 Å². The van der Waals surface area contributed by atoms with Gasteiger partial charge in [0.25, 0.3) is 0 Å². The fourth-order valence-electron chi connectivity index (χ4n) is 7.60. The topological polar surface area (TPSA) is 94.8 Å². The molecule has 5 heteroatoms. The molecular formula is C47H92O5. The molecule has 0 heterocycles. The number of ketones is 2. The van der Waals surface area contributed by atoms with Gasteiger partial charge >= 0.3 is 0 Å². The van der Waals surface area contributed by atoms with Gasteiger partial charge in [0.1, 0.15) is 18.3 Å². The van der Waals surface area contributed by atoms with Crippen molar-refractivity contribution >= 4 is 11.6 Å². The molecule has 5 nitrogen and oxygen atoms in total.